The van der Waals surface area contributed by atoms with Gasteiger partial charge in [-0.3, -0.25) is 4.79 Å². The highest BCUT2D eigenvalue weighted by molar-refractivity contribution is 6.35. The van der Waals surface area contributed by atoms with Crippen LogP contribution in [0, 0.1) is 0 Å². The zero-order chi connectivity index (χ0) is 9.97. The van der Waals surface area contributed by atoms with Crippen molar-refractivity contribution in [3.8, 4) is 5.69 Å². The highest BCUT2D eigenvalue weighted by Gasteiger charge is 2.01. The van der Waals surface area contributed by atoms with E-state index in [9.17, 15) is 4.79 Å². The maximum absolute atomic E-state index is 10.5. The second-order valence-corrected chi connectivity index (χ2v) is 2.78. The molecule has 0 bridgehead atoms. The Hall–Kier alpha value is -1.91. The molecule has 2 radical (unpaired) electrons. The molecule has 2 aromatic rings. The molecule has 0 atom stereocenters. The number of benzene rings is 1. The highest BCUT2D eigenvalue weighted by Crippen LogP contribution is 2.02. The quantitative estimate of drug-likeness (QED) is 0.481. The van der Waals surface area contributed by atoms with Crippen molar-refractivity contribution in [1.82, 2.24) is 14.8 Å². The summed E-state index contributed by atoms with van der Waals surface area (Å²) in [4.78, 5) is 14.3. The Morgan fingerprint density at radius 2 is 2.29 bits per heavy atom. The topological polar surface area (TPSA) is 47.8 Å². The van der Waals surface area contributed by atoms with Crippen LogP contribution in [0.2, 0.25) is 0 Å². The van der Waals surface area contributed by atoms with E-state index in [1.54, 1.807) is 29.2 Å². The molecule has 1 aromatic heterocycles. The van der Waals surface area contributed by atoms with Gasteiger partial charge in [-0.25, -0.2) is 9.67 Å². The fraction of sp³-hybridized carbons (Fsp3) is 0. The summed E-state index contributed by atoms with van der Waals surface area (Å²) in [6.07, 6.45) is 3.72. The maximum Gasteiger partial charge on any atom is 0.150 e. The summed E-state index contributed by atoms with van der Waals surface area (Å²) < 4.78 is 1.55. The van der Waals surface area contributed by atoms with Gasteiger partial charge < -0.3 is 0 Å². The first kappa shape index (κ1) is 8.68. The van der Waals surface area contributed by atoms with Crippen LogP contribution in [0.1, 0.15) is 10.4 Å². The molecule has 66 valence electrons. The molecule has 0 amide bonds. The normalized spacial score (nSPS) is 10.0. The second-order valence-electron chi connectivity index (χ2n) is 2.78. The first-order valence-corrected chi connectivity index (χ1v) is 4.01. The predicted molar refractivity (Wildman–Crippen MR) is 52.1 cm³/mol. The summed E-state index contributed by atoms with van der Waals surface area (Å²) in [5.41, 5.74) is 1.76. The molecule has 0 spiro atoms. The number of hydrogen-bond acceptors (Lipinski definition) is 3. The zero-order valence-corrected chi connectivity index (χ0v) is 7.29. The van der Waals surface area contributed by atoms with Crippen LogP contribution >= 0.6 is 0 Å². The van der Waals surface area contributed by atoms with Gasteiger partial charge in [0, 0.05) is 5.56 Å². The Bertz CT molecular complexity index is 453. The van der Waals surface area contributed by atoms with E-state index in [2.05, 4.69) is 10.1 Å². The fourth-order valence-electron chi connectivity index (χ4n) is 1.19. The van der Waals surface area contributed by atoms with Gasteiger partial charge in [0.05, 0.1) is 5.69 Å². The van der Waals surface area contributed by atoms with Crippen LogP contribution in [0.5, 0.6) is 0 Å². The molecular weight excluding hydrogens is 177 g/mol. The third kappa shape index (κ3) is 1.44. The van der Waals surface area contributed by atoms with Gasteiger partial charge >= 0.3 is 0 Å². The van der Waals surface area contributed by atoms with Crippen LogP contribution < -0.4 is 5.46 Å². The van der Waals surface area contributed by atoms with Crippen molar-refractivity contribution in [2.75, 3.05) is 0 Å². The Morgan fingerprint density at radius 3 is 2.86 bits per heavy atom. The first-order chi connectivity index (χ1) is 6.81. The number of aromatic nitrogens is 3. The molecule has 0 aliphatic heterocycles. The molecule has 0 saturated heterocycles. The Kier molecular flexibility index (Phi) is 2.14. The van der Waals surface area contributed by atoms with Crippen LogP contribution in [-0.2, 0) is 0 Å². The third-order valence-electron chi connectivity index (χ3n) is 1.85. The van der Waals surface area contributed by atoms with Gasteiger partial charge in [0.15, 0.2) is 0 Å². The van der Waals surface area contributed by atoms with Gasteiger partial charge in [0.1, 0.15) is 26.8 Å². The minimum atomic E-state index is 0.500. The van der Waals surface area contributed by atoms with Crippen molar-refractivity contribution >= 4 is 19.6 Å². The molecule has 2 rings (SSSR count). The van der Waals surface area contributed by atoms with E-state index >= 15 is 0 Å². The molecule has 0 aliphatic rings. The molecule has 0 saturated carbocycles. The van der Waals surface area contributed by atoms with E-state index in [-0.39, 0.29) is 0 Å². The van der Waals surface area contributed by atoms with Gasteiger partial charge in [-0.1, -0.05) is 11.5 Å². The lowest BCUT2D eigenvalue weighted by Crippen LogP contribution is -2.13. The Labute approximate surface area is 82.0 Å². The molecule has 1 aromatic carbocycles. The molecule has 0 N–H and O–H groups in total. The van der Waals surface area contributed by atoms with E-state index in [1.165, 1.54) is 6.33 Å². The van der Waals surface area contributed by atoms with Crippen LogP contribution in [0.25, 0.3) is 5.69 Å². The standard InChI is InChI=1S/C9H6BN3O/c10-8-3-7(4-14)1-2-9(8)13-6-11-5-12-13/h1-6H. The lowest BCUT2D eigenvalue weighted by Gasteiger charge is -2.05. The SMILES string of the molecule is [B]c1cc(C=O)ccc1-n1cncn1. The minimum absolute atomic E-state index is 0.500. The number of nitrogens with zero attached hydrogens (tertiary/aromatic N) is 3. The zero-order valence-electron chi connectivity index (χ0n) is 7.29. The lowest BCUT2D eigenvalue weighted by molar-refractivity contribution is 0.112. The molecule has 0 fully saturated rings. The minimum Gasteiger partial charge on any atom is -0.298 e. The molecule has 0 unspecified atom stereocenters. The largest absolute Gasteiger partial charge is 0.298 e. The summed E-state index contributed by atoms with van der Waals surface area (Å²) in [6.45, 7) is 0. The summed E-state index contributed by atoms with van der Waals surface area (Å²) in [6, 6.07) is 5.01. The number of rotatable bonds is 2. The van der Waals surface area contributed by atoms with Crippen LogP contribution in [0.15, 0.2) is 30.9 Å². The first-order valence-electron chi connectivity index (χ1n) is 4.01. The maximum atomic E-state index is 10.5. The van der Waals surface area contributed by atoms with Crippen molar-refractivity contribution in [2.24, 2.45) is 0 Å². The van der Waals surface area contributed by atoms with E-state index < -0.39 is 0 Å². The van der Waals surface area contributed by atoms with Crippen molar-refractivity contribution < 1.29 is 4.79 Å². The monoisotopic (exact) mass is 183 g/mol. The smallest absolute Gasteiger partial charge is 0.150 e. The van der Waals surface area contributed by atoms with Crippen molar-refractivity contribution in [3.05, 3.63) is 36.4 Å². The molecular formula is C9H6BN3O. The molecule has 4 nitrogen and oxygen atoms in total. The van der Waals surface area contributed by atoms with Gasteiger partial charge in [-0.15, -0.1) is 0 Å². The summed E-state index contributed by atoms with van der Waals surface area (Å²) in [5.74, 6) is 0. The fourth-order valence-corrected chi connectivity index (χ4v) is 1.19. The predicted octanol–water partition coefficient (Wildman–Crippen LogP) is -0.126. The van der Waals surface area contributed by atoms with Gasteiger partial charge in [0.2, 0.25) is 0 Å². The molecule has 1 heterocycles. The molecule has 5 heteroatoms. The molecule has 14 heavy (non-hydrogen) atoms. The third-order valence-corrected chi connectivity index (χ3v) is 1.85. The Balaban J connectivity index is 2.51. The van der Waals surface area contributed by atoms with E-state index in [4.69, 9.17) is 7.85 Å². The highest BCUT2D eigenvalue weighted by atomic mass is 16.1. The summed E-state index contributed by atoms with van der Waals surface area (Å²) in [5, 5.41) is 3.94. The number of carbonyl (C=O) groups excluding carboxylic acids is 1. The average molecular weight is 183 g/mol. The summed E-state index contributed by atoms with van der Waals surface area (Å²) in [7, 11) is 5.74. The van der Waals surface area contributed by atoms with Crippen LogP contribution in [0.4, 0.5) is 0 Å². The van der Waals surface area contributed by atoms with E-state index in [0.717, 1.165) is 6.29 Å². The summed E-state index contributed by atoms with van der Waals surface area (Å²) >= 11 is 0. The van der Waals surface area contributed by atoms with Crippen molar-refractivity contribution in [2.45, 2.75) is 0 Å². The molecule has 0 aliphatic carbocycles. The number of aldehydes is 1. The lowest BCUT2D eigenvalue weighted by atomic mass is 9.92. The van der Waals surface area contributed by atoms with E-state index in [0.29, 0.717) is 16.7 Å². The van der Waals surface area contributed by atoms with Gasteiger partial charge in [-0.05, 0) is 12.1 Å². The van der Waals surface area contributed by atoms with Crippen LogP contribution in [0.3, 0.4) is 0 Å². The van der Waals surface area contributed by atoms with E-state index in [1.807, 2.05) is 0 Å². The number of carbonyl (C=O) groups is 1. The number of hydrogen-bond donors (Lipinski definition) is 0. The Morgan fingerprint density at radius 1 is 1.43 bits per heavy atom. The van der Waals surface area contributed by atoms with Crippen molar-refractivity contribution in [1.29, 1.82) is 0 Å². The average Bonchev–Trinajstić information content (AvgIpc) is 2.70. The van der Waals surface area contributed by atoms with Gasteiger partial charge in [-0.2, -0.15) is 5.10 Å². The van der Waals surface area contributed by atoms with Crippen LogP contribution in [-0.4, -0.2) is 28.9 Å². The second kappa shape index (κ2) is 3.45. The van der Waals surface area contributed by atoms with Crippen molar-refractivity contribution in [3.63, 3.8) is 0 Å². The van der Waals surface area contributed by atoms with Gasteiger partial charge in [0.25, 0.3) is 0 Å².